The number of nitrogens with one attached hydrogen (secondary N) is 3. The molecule has 0 radical (unpaired) electrons. The molecule has 3 amide bonds. The molecule has 0 spiro atoms. The van der Waals surface area contributed by atoms with Gasteiger partial charge in [0, 0.05) is 5.56 Å². The number of aromatic nitrogens is 3. The van der Waals surface area contributed by atoms with Crippen LogP contribution in [0, 0.1) is 11.8 Å². The van der Waals surface area contributed by atoms with E-state index in [2.05, 4.69) is 20.9 Å². The highest BCUT2D eigenvalue weighted by Gasteiger charge is 2.23. The first-order chi connectivity index (χ1) is 16.9. The fraction of sp³-hybridized carbons (Fsp3) is 0.542. The molecule has 0 saturated heterocycles. The van der Waals surface area contributed by atoms with Crippen molar-refractivity contribution in [3.05, 3.63) is 41.7 Å². The van der Waals surface area contributed by atoms with Crippen LogP contribution in [0.15, 0.2) is 30.5 Å². The van der Waals surface area contributed by atoms with E-state index in [0.717, 1.165) is 36.9 Å². The smallest absolute Gasteiger partial charge is 0.315 e. The van der Waals surface area contributed by atoms with Gasteiger partial charge in [-0.15, -0.1) is 5.10 Å². The van der Waals surface area contributed by atoms with E-state index in [9.17, 15) is 14.4 Å². The lowest BCUT2D eigenvalue weighted by Crippen LogP contribution is -2.49. The second-order valence-corrected chi connectivity index (χ2v) is 9.21. The summed E-state index contributed by atoms with van der Waals surface area (Å²) in [5.74, 6) is -0.713. The third kappa shape index (κ3) is 7.78. The van der Waals surface area contributed by atoms with Crippen LogP contribution in [0.25, 0.3) is 5.69 Å². The molecule has 1 fully saturated rings. The van der Waals surface area contributed by atoms with Crippen molar-refractivity contribution in [3.8, 4) is 5.69 Å². The highest BCUT2D eigenvalue weighted by atomic mass is 16.5. The molecule has 1 aliphatic carbocycles. The summed E-state index contributed by atoms with van der Waals surface area (Å²) in [5.41, 5.74) is 3.60. The van der Waals surface area contributed by atoms with Crippen molar-refractivity contribution in [3.63, 3.8) is 0 Å². The molecular weight excluding hydrogens is 452 g/mol. The summed E-state index contributed by atoms with van der Waals surface area (Å²) < 4.78 is 7.16. The van der Waals surface area contributed by atoms with Gasteiger partial charge in [-0.1, -0.05) is 56.5 Å². The fourth-order valence-electron chi connectivity index (χ4n) is 4.12. The topological polar surface area (TPSA) is 147 Å². The van der Waals surface area contributed by atoms with Gasteiger partial charge >= 0.3 is 12.0 Å². The molecular formula is C24H34N6O5. The second kappa shape index (κ2) is 12.8. The minimum Gasteiger partial charge on any atom is -0.461 e. The summed E-state index contributed by atoms with van der Waals surface area (Å²) in [6.45, 7) is 4.04. The lowest BCUT2D eigenvalue weighted by molar-refractivity contribution is -0.151. The van der Waals surface area contributed by atoms with Gasteiger partial charge in [0.2, 0.25) is 0 Å². The molecule has 11 nitrogen and oxygen atoms in total. The quantitative estimate of drug-likeness (QED) is 0.229. The van der Waals surface area contributed by atoms with Crippen LogP contribution in [-0.2, 0) is 27.5 Å². The van der Waals surface area contributed by atoms with Crippen LogP contribution in [0.5, 0.6) is 0 Å². The molecule has 1 aromatic carbocycles. The third-order valence-corrected chi connectivity index (χ3v) is 5.96. The van der Waals surface area contributed by atoms with E-state index in [1.165, 1.54) is 6.42 Å². The van der Waals surface area contributed by atoms with E-state index in [1.807, 2.05) is 38.1 Å². The van der Waals surface area contributed by atoms with Gasteiger partial charge in [0.1, 0.15) is 18.3 Å². The fourth-order valence-corrected chi connectivity index (χ4v) is 4.12. The maximum absolute atomic E-state index is 12.4. The van der Waals surface area contributed by atoms with Gasteiger partial charge < -0.3 is 15.4 Å². The number of hydroxylamine groups is 1. The molecule has 11 heteroatoms. The minimum absolute atomic E-state index is 0.0188. The molecule has 1 heterocycles. The number of carbonyl (C=O) groups is 3. The molecule has 0 bridgehead atoms. The average Bonchev–Trinajstić information content (AvgIpc) is 3.34. The van der Waals surface area contributed by atoms with Crippen molar-refractivity contribution < 1.29 is 24.3 Å². The Hall–Kier alpha value is -3.47. The highest BCUT2D eigenvalue weighted by Crippen LogP contribution is 2.25. The Kier molecular flexibility index (Phi) is 9.59. The molecule has 4 N–H and O–H groups in total. The molecule has 3 rings (SSSR count). The minimum atomic E-state index is -0.862. The lowest BCUT2D eigenvalue weighted by Gasteiger charge is -2.20. The van der Waals surface area contributed by atoms with Gasteiger partial charge in [0.15, 0.2) is 0 Å². The zero-order valence-electron chi connectivity index (χ0n) is 20.2. The Morgan fingerprint density at radius 2 is 1.91 bits per heavy atom. The van der Waals surface area contributed by atoms with E-state index in [0.29, 0.717) is 12.1 Å². The van der Waals surface area contributed by atoms with Crippen LogP contribution >= 0.6 is 0 Å². The molecule has 1 atom stereocenters. The highest BCUT2D eigenvalue weighted by molar-refractivity contribution is 5.86. The molecule has 35 heavy (non-hydrogen) atoms. The number of nitrogens with zero attached hydrogens (tertiary/aromatic N) is 3. The maximum Gasteiger partial charge on any atom is 0.315 e. The molecule has 0 aliphatic heterocycles. The van der Waals surface area contributed by atoms with Crippen molar-refractivity contribution in [2.75, 3.05) is 0 Å². The number of ether oxygens (including phenoxy) is 1. The number of amides is 3. The van der Waals surface area contributed by atoms with Crippen LogP contribution in [-0.4, -0.2) is 44.2 Å². The monoisotopic (exact) mass is 486 g/mol. The first-order valence-electron chi connectivity index (χ1n) is 12.0. The standard InChI is InChI=1S/C24H34N6O5/c1-16(2)12-20(22(31)28-34)26-24(33)25-13-19-14-30(29-27-19)21-11-7-6-10-18(21)15-35-23(32)17-8-4-3-5-9-17/h6-7,10-11,14,16-17,20,34H,3-5,8-9,12-13,15H2,1-2H3,(H,28,31)(H2,25,26,33)/t20-/m0/s1. The Morgan fingerprint density at radius 1 is 1.17 bits per heavy atom. The van der Waals surface area contributed by atoms with E-state index in [1.54, 1.807) is 16.4 Å². The van der Waals surface area contributed by atoms with Gasteiger partial charge in [-0.3, -0.25) is 14.8 Å². The summed E-state index contributed by atoms with van der Waals surface area (Å²) in [6, 6.07) is 6.02. The van der Waals surface area contributed by atoms with Gasteiger partial charge in [0.05, 0.1) is 24.3 Å². The molecule has 0 unspecified atom stereocenters. The Bertz CT molecular complexity index is 1000. The summed E-state index contributed by atoms with van der Waals surface area (Å²) >= 11 is 0. The van der Waals surface area contributed by atoms with E-state index >= 15 is 0 Å². The number of esters is 1. The van der Waals surface area contributed by atoms with E-state index in [4.69, 9.17) is 9.94 Å². The summed E-state index contributed by atoms with van der Waals surface area (Å²) in [6.07, 6.45) is 7.13. The summed E-state index contributed by atoms with van der Waals surface area (Å²) in [4.78, 5) is 36.5. The SMILES string of the molecule is CC(C)C[C@H](NC(=O)NCc1cn(-c2ccccc2COC(=O)C2CCCCC2)nn1)C(=O)NO. The predicted molar refractivity (Wildman–Crippen MR) is 126 cm³/mol. The van der Waals surface area contributed by atoms with Crippen molar-refractivity contribution in [1.29, 1.82) is 0 Å². The van der Waals surface area contributed by atoms with Crippen LogP contribution in [0.4, 0.5) is 4.79 Å². The largest absolute Gasteiger partial charge is 0.461 e. The van der Waals surface area contributed by atoms with Gasteiger partial charge in [-0.2, -0.15) is 0 Å². The van der Waals surface area contributed by atoms with Crippen molar-refractivity contribution in [2.24, 2.45) is 11.8 Å². The number of para-hydroxylation sites is 1. The second-order valence-electron chi connectivity index (χ2n) is 9.21. The number of rotatable bonds is 10. The molecule has 190 valence electrons. The molecule has 1 aliphatic rings. The van der Waals surface area contributed by atoms with Gasteiger partial charge in [0.25, 0.3) is 5.91 Å². The first-order valence-corrected chi connectivity index (χ1v) is 12.0. The normalized spacial score (nSPS) is 14.9. The number of urea groups is 1. The third-order valence-electron chi connectivity index (χ3n) is 5.96. The Balaban J connectivity index is 1.57. The van der Waals surface area contributed by atoms with Gasteiger partial charge in [-0.25, -0.2) is 15.0 Å². The van der Waals surface area contributed by atoms with Crippen LogP contribution in [0.1, 0.15) is 63.6 Å². The van der Waals surface area contributed by atoms with Crippen molar-refractivity contribution in [2.45, 2.75) is 71.6 Å². The lowest BCUT2D eigenvalue weighted by atomic mass is 9.89. The number of hydrogen-bond acceptors (Lipinski definition) is 7. The maximum atomic E-state index is 12.4. The molecule has 1 saturated carbocycles. The van der Waals surface area contributed by atoms with Crippen LogP contribution in [0.2, 0.25) is 0 Å². The Morgan fingerprint density at radius 3 is 2.63 bits per heavy atom. The number of benzene rings is 1. The average molecular weight is 487 g/mol. The van der Waals surface area contributed by atoms with Crippen LogP contribution in [0.3, 0.4) is 0 Å². The molecule has 1 aromatic heterocycles. The number of carbonyl (C=O) groups excluding carboxylic acids is 3. The zero-order valence-corrected chi connectivity index (χ0v) is 20.2. The van der Waals surface area contributed by atoms with Crippen molar-refractivity contribution >= 4 is 17.9 Å². The predicted octanol–water partition coefficient (Wildman–Crippen LogP) is 2.61. The molecule has 2 aromatic rings. The van der Waals surface area contributed by atoms with Crippen molar-refractivity contribution in [1.82, 2.24) is 31.1 Å². The summed E-state index contributed by atoms with van der Waals surface area (Å²) in [7, 11) is 0. The van der Waals surface area contributed by atoms with Crippen LogP contribution < -0.4 is 16.1 Å². The Labute approximate surface area is 204 Å². The zero-order chi connectivity index (χ0) is 25.2. The number of hydrogen-bond donors (Lipinski definition) is 4. The van der Waals surface area contributed by atoms with E-state index < -0.39 is 18.0 Å². The van der Waals surface area contributed by atoms with E-state index in [-0.39, 0.29) is 31.0 Å². The summed E-state index contributed by atoms with van der Waals surface area (Å²) in [5, 5.41) is 22.3. The van der Waals surface area contributed by atoms with Gasteiger partial charge in [-0.05, 0) is 31.2 Å². The first kappa shape index (κ1) is 26.1.